The molecule has 2 aromatic rings. The van der Waals surface area contributed by atoms with Gasteiger partial charge in [0.25, 0.3) is 5.56 Å². The molecule has 2 rings (SSSR count). The largest absolute Gasteiger partial charge is 0.393 e. The van der Waals surface area contributed by atoms with Crippen molar-refractivity contribution in [3.8, 4) is 0 Å². The highest BCUT2D eigenvalue weighted by Gasteiger charge is 2.17. The molecule has 0 bridgehead atoms. The van der Waals surface area contributed by atoms with Crippen LogP contribution >= 0.6 is 0 Å². The minimum Gasteiger partial charge on any atom is -0.393 e. The number of imidazole rings is 1. The summed E-state index contributed by atoms with van der Waals surface area (Å²) in [7, 11) is 3.32. The molecule has 0 aromatic carbocycles. The molecule has 0 radical (unpaired) electrons. The van der Waals surface area contributed by atoms with Crippen molar-refractivity contribution in [3.05, 3.63) is 26.7 Å². The summed E-state index contributed by atoms with van der Waals surface area (Å²) in [4.78, 5) is 29.2. The molecule has 0 aliphatic heterocycles. The van der Waals surface area contributed by atoms with Gasteiger partial charge in [0.05, 0.1) is 12.6 Å². The molecular formula is C14H23N5O3. The zero-order valence-corrected chi connectivity index (χ0v) is 13.2. The molecule has 0 saturated heterocycles. The van der Waals surface area contributed by atoms with Crippen LogP contribution in [0.4, 0.5) is 0 Å². The Hall–Kier alpha value is -1.93. The molecule has 0 aliphatic rings. The van der Waals surface area contributed by atoms with E-state index in [1.54, 1.807) is 25.6 Å². The number of aryl methyl sites for hydroxylation is 2. The van der Waals surface area contributed by atoms with Crippen LogP contribution in [0.1, 0.15) is 32.0 Å². The van der Waals surface area contributed by atoms with Gasteiger partial charge in [0.2, 0.25) is 0 Å². The van der Waals surface area contributed by atoms with Gasteiger partial charge in [-0.1, -0.05) is 0 Å². The number of nitrogens with zero attached hydrogens (tertiary/aromatic N) is 4. The van der Waals surface area contributed by atoms with E-state index in [0.29, 0.717) is 36.4 Å². The number of fused-ring (bicyclic) bond motifs is 1. The van der Waals surface area contributed by atoms with E-state index in [1.165, 1.54) is 9.13 Å². The average Bonchev–Trinajstić information content (AvgIpc) is 2.81. The summed E-state index contributed by atoms with van der Waals surface area (Å²) < 4.78 is 4.25. The molecule has 0 fully saturated rings. The van der Waals surface area contributed by atoms with E-state index >= 15 is 0 Å². The van der Waals surface area contributed by atoms with E-state index in [2.05, 4.69) is 4.98 Å². The standard InChI is InChI=1S/C14H23N5O3/c1-9(20)6-4-5-7-19-13(21)11-12(18(3)14(19)22)16-10(8-15)17(11)2/h9,20H,4-8,15H2,1-3H3. The van der Waals surface area contributed by atoms with Crippen molar-refractivity contribution >= 4 is 11.2 Å². The number of unbranched alkanes of at least 4 members (excludes halogenated alkanes) is 1. The molecular weight excluding hydrogens is 286 g/mol. The Balaban J connectivity index is 2.45. The van der Waals surface area contributed by atoms with Crippen molar-refractivity contribution in [2.45, 2.75) is 45.4 Å². The van der Waals surface area contributed by atoms with Crippen molar-refractivity contribution in [2.75, 3.05) is 0 Å². The summed E-state index contributed by atoms with van der Waals surface area (Å²) in [5.41, 5.74) is 5.64. The molecule has 1 unspecified atom stereocenters. The van der Waals surface area contributed by atoms with Gasteiger partial charge >= 0.3 is 5.69 Å². The second-order valence-corrected chi connectivity index (χ2v) is 5.61. The maximum atomic E-state index is 12.6. The van der Waals surface area contributed by atoms with Crippen LogP contribution in [-0.2, 0) is 27.2 Å². The van der Waals surface area contributed by atoms with Crippen LogP contribution in [0.5, 0.6) is 0 Å². The first-order valence-electron chi connectivity index (χ1n) is 7.41. The molecule has 3 N–H and O–H groups in total. The molecule has 0 amide bonds. The first-order chi connectivity index (χ1) is 10.4. The fourth-order valence-electron chi connectivity index (χ4n) is 2.58. The van der Waals surface area contributed by atoms with Crippen LogP contribution < -0.4 is 17.0 Å². The van der Waals surface area contributed by atoms with E-state index in [4.69, 9.17) is 5.73 Å². The molecule has 0 spiro atoms. The third kappa shape index (κ3) is 2.84. The third-order valence-electron chi connectivity index (χ3n) is 3.89. The number of aliphatic hydroxyl groups excluding tert-OH is 1. The highest BCUT2D eigenvalue weighted by atomic mass is 16.3. The second-order valence-electron chi connectivity index (χ2n) is 5.61. The van der Waals surface area contributed by atoms with Gasteiger partial charge in [0.1, 0.15) is 5.82 Å². The highest BCUT2D eigenvalue weighted by molar-refractivity contribution is 5.70. The van der Waals surface area contributed by atoms with Crippen LogP contribution in [0, 0.1) is 0 Å². The molecule has 1 atom stereocenters. The molecule has 2 heterocycles. The van der Waals surface area contributed by atoms with Crippen LogP contribution in [0.15, 0.2) is 9.59 Å². The van der Waals surface area contributed by atoms with Gasteiger partial charge in [-0.3, -0.25) is 13.9 Å². The maximum Gasteiger partial charge on any atom is 0.332 e. The monoisotopic (exact) mass is 309 g/mol. The van der Waals surface area contributed by atoms with Gasteiger partial charge in [-0.15, -0.1) is 0 Å². The van der Waals surface area contributed by atoms with E-state index in [1.807, 2.05) is 0 Å². The Bertz CT molecular complexity index is 784. The number of nitrogens with two attached hydrogens (primary N) is 1. The van der Waals surface area contributed by atoms with Crippen molar-refractivity contribution in [3.63, 3.8) is 0 Å². The quantitative estimate of drug-likeness (QED) is 0.696. The molecule has 8 heteroatoms. The molecule has 8 nitrogen and oxygen atoms in total. The summed E-state index contributed by atoms with van der Waals surface area (Å²) in [5, 5.41) is 9.25. The van der Waals surface area contributed by atoms with Crippen molar-refractivity contribution in [1.29, 1.82) is 0 Å². The lowest BCUT2D eigenvalue weighted by molar-refractivity contribution is 0.180. The Morgan fingerprint density at radius 1 is 1.23 bits per heavy atom. The Kier molecular flexibility index (Phi) is 4.82. The van der Waals surface area contributed by atoms with Crippen LogP contribution in [0.2, 0.25) is 0 Å². The second kappa shape index (κ2) is 6.45. The summed E-state index contributed by atoms with van der Waals surface area (Å²) in [6.07, 6.45) is 1.70. The van der Waals surface area contributed by atoms with Gasteiger partial charge < -0.3 is 15.4 Å². The first kappa shape index (κ1) is 16.4. The molecule has 2 aromatic heterocycles. The van der Waals surface area contributed by atoms with Crippen molar-refractivity contribution < 1.29 is 5.11 Å². The number of aliphatic hydroxyl groups is 1. The topological polar surface area (TPSA) is 108 Å². The van der Waals surface area contributed by atoms with Crippen molar-refractivity contribution in [2.24, 2.45) is 19.8 Å². The first-order valence-corrected chi connectivity index (χ1v) is 7.41. The Morgan fingerprint density at radius 2 is 1.91 bits per heavy atom. The van der Waals surface area contributed by atoms with E-state index < -0.39 is 0 Å². The van der Waals surface area contributed by atoms with Gasteiger partial charge in [-0.25, -0.2) is 9.78 Å². The van der Waals surface area contributed by atoms with Crippen LogP contribution in [-0.4, -0.2) is 29.9 Å². The van der Waals surface area contributed by atoms with Crippen LogP contribution in [0.25, 0.3) is 11.2 Å². The smallest absolute Gasteiger partial charge is 0.332 e. The molecule has 0 saturated carbocycles. The lowest BCUT2D eigenvalue weighted by atomic mass is 10.2. The summed E-state index contributed by atoms with van der Waals surface area (Å²) >= 11 is 0. The van der Waals surface area contributed by atoms with Gasteiger partial charge in [0.15, 0.2) is 11.2 Å². The minimum absolute atomic E-state index is 0.202. The number of rotatable bonds is 6. The Labute approximate surface area is 127 Å². The number of hydrogen-bond acceptors (Lipinski definition) is 5. The molecule has 122 valence electrons. The van der Waals surface area contributed by atoms with Gasteiger partial charge in [-0.2, -0.15) is 0 Å². The predicted octanol–water partition coefficient (Wildman–Crippen LogP) is -0.556. The average molecular weight is 309 g/mol. The highest BCUT2D eigenvalue weighted by Crippen LogP contribution is 2.09. The van der Waals surface area contributed by atoms with E-state index in [0.717, 1.165) is 6.42 Å². The summed E-state index contributed by atoms with van der Waals surface area (Å²) in [5.74, 6) is 0.564. The fourth-order valence-corrected chi connectivity index (χ4v) is 2.58. The number of hydrogen-bond donors (Lipinski definition) is 2. The molecule has 0 aliphatic carbocycles. The predicted molar refractivity (Wildman–Crippen MR) is 83.6 cm³/mol. The zero-order valence-electron chi connectivity index (χ0n) is 13.2. The SMILES string of the molecule is CC(O)CCCCn1c(=O)c2c(nc(CN)n2C)n(C)c1=O. The third-order valence-corrected chi connectivity index (χ3v) is 3.89. The molecule has 22 heavy (non-hydrogen) atoms. The van der Waals surface area contributed by atoms with E-state index in [-0.39, 0.29) is 23.9 Å². The lowest BCUT2D eigenvalue weighted by Gasteiger charge is -2.09. The zero-order chi connectivity index (χ0) is 16.4. The number of aromatic nitrogens is 4. The maximum absolute atomic E-state index is 12.6. The van der Waals surface area contributed by atoms with Gasteiger partial charge in [0, 0.05) is 20.6 Å². The van der Waals surface area contributed by atoms with E-state index in [9.17, 15) is 14.7 Å². The minimum atomic E-state index is -0.379. The fraction of sp³-hybridized carbons (Fsp3) is 0.643. The lowest BCUT2D eigenvalue weighted by Crippen LogP contribution is -2.39. The van der Waals surface area contributed by atoms with Gasteiger partial charge in [-0.05, 0) is 26.2 Å². The summed E-state index contributed by atoms with van der Waals surface area (Å²) in [6, 6.07) is 0. The normalized spacial score (nSPS) is 13.0. The van der Waals surface area contributed by atoms with Crippen molar-refractivity contribution in [1.82, 2.24) is 18.7 Å². The Morgan fingerprint density at radius 3 is 2.50 bits per heavy atom. The summed E-state index contributed by atoms with van der Waals surface area (Å²) in [6.45, 7) is 2.26. The van der Waals surface area contributed by atoms with Crippen LogP contribution in [0.3, 0.4) is 0 Å².